The Bertz CT molecular complexity index is 1810. The fraction of sp³-hybridized carbons (Fsp3) is 0.400. The predicted molar refractivity (Wildman–Crippen MR) is 202 cm³/mol. The van der Waals surface area contributed by atoms with Gasteiger partial charge in [0.25, 0.3) is 5.91 Å². The number of amides is 1. The van der Waals surface area contributed by atoms with Gasteiger partial charge >= 0.3 is 5.97 Å². The van der Waals surface area contributed by atoms with Crippen molar-refractivity contribution in [1.82, 2.24) is 15.3 Å². The summed E-state index contributed by atoms with van der Waals surface area (Å²) >= 11 is 0. The minimum Gasteiger partial charge on any atom is -0.465 e. The monoisotopic (exact) mass is 798 g/mol. The number of aromatic nitrogens is 1. The number of halogens is 1. The van der Waals surface area contributed by atoms with Crippen molar-refractivity contribution < 1.29 is 64.2 Å². The Kier molecular flexibility index (Phi) is 18.1. The van der Waals surface area contributed by atoms with Crippen LogP contribution in [0.25, 0.3) is 22.4 Å². The molecule has 7 N–H and O–H groups in total. The first-order chi connectivity index (χ1) is 27.3. The average molecular weight is 799 g/mol. The molecular weight excluding hydrogens is 747 g/mol. The minimum atomic E-state index is -1.26. The Morgan fingerprint density at radius 3 is 2.11 bits per heavy atom. The molecule has 310 valence electrons. The van der Waals surface area contributed by atoms with Crippen LogP contribution in [-0.4, -0.2) is 103 Å². The van der Waals surface area contributed by atoms with E-state index in [0.29, 0.717) is 33.8 Å². The van der Waals surface area contributed by atoms with Crippen LogP contribution >= 0.6 is 0 Å². The molecule has 0 fully saturated rings. The molecule has 0 aliphatic carbocycles. The molecule has 57 heavy (non-hydrogen) atoms. The van der Waals surface area contributed by atoms with Gasteiger partial charge in [-0.05, 0) is 72.7 Å². The highest BCUT2D eigenvalue weighted by Gasteiger charge is 2.31. The van der Waals surface area contributed by atoms with E-state index < -0.39 is 47.3 Å². The number of aliphatic hydroxyl groups is 2. The van der Waals surface area contributed by atoms with Crippen LogP contribution in [0, 0.1) is 5.82 Å². The van der Waals surface area contributed by atoms with Crippen LogP contribution in [-0.2, 0) is 30.5 Å². The summed E-state index contributed by atoms with van der Waals surface area (Å²) in [4.78, 5) is 36.0. The van der Waals surface area contributed by atoms with Gasteiger partial charge in [-0.15, -0.1) is 0 Å². The first-order valence-corrected chi connectivity index (χ1v) is 18.5. The fourth-order valence-corrected chi connectivity index (χ4v) is 6.38. The summed E-state index contributed by atoms with van der Waals surface area (Å²) in [5.41, 5.74) is 4.48. The molecule has 16 nitrogen and oxygen atoms in total. The highest BCUT2D eigenvalue weighted by atomic mass is 19.1. The number of rotatable bonds is 24. The van der Waals surface area contributed by atoms with E-state index in [9.17, 15) is 24.2 Å². The summed E-state index contributed by atoms with van der Waals surface area (Å²) in [6.45, 7) is 3.83. The maximum Gasteiger partial charge on any atom is 0.308 e. The summed E-state index contributed by atoms with van der Waals surface area (Å²) in [5.74, 6) is -1.69. The number of esters is 1. The number of nitrogens with zero attached hydrogens (tertiary/aromatic N) is 3. The third-order valence-electron chi connectivity index (χ3n) is 8.81. The first kappa shape index (κ1) is 45.1. The van der Waals surface area contributed by atoms with Gasteiger partial charge in [-0.2, -0.15) is 0 Å². The summed E-state index contributed by atoms with van der Waals surface area (Å²) in [5, 5.41) is 59.1. The van der Waals surface area contributed by atoms with Crippen LogP contribution < -0.4 is 5.32 Å². The molecule has 3 unspecified atom stereocenters. The van der Waals surface area contributed by atoms with Crippen molar-refractivity contribution in [2.75, 3.05) is 31.7 Å². The Balaban J connectivity index is 1.46. The Hall–Kier alpha value is -4.63. The molecule has 0 spiro atoms. The largest absolute Gasteiger partial charge is 0.465 e. The zero-order valence-electron chi connectivity index (χ0n) is 31.8. The van der Waals surface area contributed by atoms with Crippen LogP contribution in [0.1, 0.15) is 67.9 Å². The molecule has 17 heteroatoms. The number of nitrogens with one attached hydrogen (secondary N) is 1. The van der Waals surface area contributed by atoms with Crippen LogP contribution in [0.2, 0.25) is 0 Å². The van der Waals surface area contributed by atoms with Crippen molar-refractivity contribution in [1.29, 1.82) is 0 Å². The molecule has 4 aromatic rings. The quantitative estimate of drug-likeness (QED) is 0.0247. The molecular formula is C40H51FN4O12. The number of carbonyl (C=O) groups is 2. The molecule has 0 aliphatic heterocycles. The summed E-state index contributed by atoms with van der Waals surface area (Å²) in [6.07, 6.45) is -3.48. The zero-order valence-corrected chi connectivity index (χ0v) is 31.8. The molecule has 3 aromatic carbocycles. The summed E-state index contributed by atoms with van der Waals surface area (Å²) < 4.78 is 26.7. The second kappa shape index (κ2) is 22.9. The summed E-state index contributed by atoms with van der Waals surface area (Å²) in [7, 11) is 0. The van der Waals surface area contributed by atoms with Crippen LogP contribution in [0.15, 0.2) is 84.9 Å². The van der Waals surface area contributed by atoms with Gasteiger partial charge < -0.3 is 29.6 Å². The SMILES string of the molecule is CC(C)c1c(C(=O)Nc2ccccc2)c(-c2ccccc2)c(-c2ccc(F)cc2)n1CCC(O)CC(O)CC(=O)OCCC(COCCCON(O)O)ON(O)O. The first-order valence-electron chi connectivity index (χ1n) is 18.5. The Morgan fingerprint density at radius 1 is 0.807 bits per heavy atom. The topological polar surface area (TPSA) is 216 Å². The molecule has 1 aromatic heterocycles. The van der Waals surface area contributed by atoms with E-state index in [1.54, 1.807) is 24.3 Å². The molecule has 4 rings (SSSR count). The van der Waals surface area contributed by atoms with Crippen molar-refractivity contribution in [3.8, 4) is 22.4 Å². The van der Waals surface area contributed by atoms with E-state index in [0.717, 1.165) is 5.56 Å². The van der Waals surface area contributed by atoms with Gasteiger partial charge in [-0.1, -0.05) is 62.4 Å². The van der Waals surface area contributed by atoms with Gasteiger partial charge in [0, 0.05) is 36.5 Å². The third-order valence-corrected chi connectivity index (χ3v) is 8.81. The van der Waals surface area contributed by atoms with Gasteiger partial charge in [0.05, 0.1) is 60.5 Å². The highest BCUT2D eigenvalue weighted by molar-refractivity contribution is 6.12. The van der Waals surface area contributed by atoms with Crippen molar-refractivity contribution >= 4 is 17.6 Å². The molecule has 0 radical (unpaired) electrons. The second-order valence-corrected chi connectivity index (χ2v) is 13.5. The number of aliphatic hydroxyl groups excluding tert-OH is 2. The third kappa shape index (κ3) is 14.4. The van der Waals surface area contributed by atoms with Gasteiger partial charge in [0.2, 0.25) is 0 Å². The molecule has 0 saturated heterocycles. The average Bonchev–Trinajstić information content (AvgIpc) is 3.51. The molecule has 0 aliphatic rings. The lowest BCUT2D eigenvalue weighted by Gasteiger charge is -2.20. The van der Waals surface area contributed by atoms with Gasteiger partial charge in [0.15, 0.2) is 0 Å². The van der Waals surface area contributed by atoms with E-state index in [1.807, 2.05) is 66.9 Å². The van der Waals surface area contributed by atoms with Crippen molar-refractivity contribution in [2.45, 2.75) is 76.7 Å². The number of hydrogen-bond acceptors (Lipinski definition) is 14. The lowest BCUT2D eigenvalue weighted by molar-refractivity contribution is -0.506. The number of benzene rings is 3. The second-order valence-electron chi connectivity index (χ2n) is 13.5. The number of carbonyl (C=O) groups excluding carboxylic acids is 2. The number of ether oxygens (including phenoxy) is 2. The van der Waals surface area contributed by atoms with Crippen molar-refractivity contribution in [3.05, 3.63) is 102 Å². The maximum absolute atomic E-state index is 14.3. The lowest BCUT2D eigenvalue weighted by Crippen LogP contribution is -2.30. The molecule has 1 heterocycles. The summed E-state index contributed by atoms with van der Waals surface area (Å²) in [6, 6.07) is 24.5. The number of hydrogen-bond donors (Lipinski definition) is 7. The van der Waals surface area contributed by atoms with E-state index in [1.165, 1.54) is 12.1 Å². The smallest absolute Gasteiger partial charge is 0.308 e. The highest BCUT2D eigenvalue weighted by Crippen LogP contribution is 2.42. The van der Waals surface area contributed by atoms with Gasteiger partial charge in [-0.25, -0.2) is 9.23 Å². The van der Waals surface area contributed by atoms with Crippen LogP contribution in [0.4, 0.5) is 10.1 Å². The Morgan fingerprint density at radius 2 is 1.47 bits per heavy atom. The van der Waals surface area contributed by atoms with E-state index in [-0.39, 0.29) is 70.5 Å². The van der Waals surface area contributed by atoms with Crippen molar-refractivity contribution in [2.24, 2.45) is 0 Å². The Labute approximate surface area is 329 Å². The van der Waals surface area contributed by atoms with E-state index in [4.69, 9.17) is 35.1 Å². The molecule has 0 saturated carbocycles. The number of anilines is 1. The van der Waals surface area contributed by atoms with Gasteiger partial charge in [0.1, 0.15) is 11.9 Å². The van der Waals surface area contributed by atoms with Gasteiger partial charge in [-0.3, -0.25) is 35.3 Å². The minimum absolute atomic E-state index is 0.0125. The normalized spacial score (nSPS) is 13.3. The number of para-hydroxylation sites is 1. The molecule has 1 amide bonds. The maximum atomic E-state index is 14.3. The lowest BCUT2D eigenvalue weighted by atomic mass is 9.94. The van der Waals surface area contributed by atoms with Crippen molar-refractivity contribution in [3.63, 3.8) is 0 Å². The van der Waals surface area contributed by atoms with E-state index >= 15 is 0 Å². The van der Waals surface area contributed by atoms with E-state index in [2.05, 4.69) is 10.2 Å². The standard InChI is InChI=1S/C40H51FN4O12/c1-27(2)38-37(40(49)42-31-12-7-4-8-13-31)36(28-10-5-3-6-11-28)39(29-14-16-30(41)17-15-29)43(38)20-18-32(46)24-33(47)25-35(48)55-23-19-34(57-45(52)53)26-54-21-9-22-56-44(50)51/h3-8,10-17,27,32-34,46-47,50-53H,9,18-26H2,1-2H3,(H,42,49). The zero-order chi connectivity index (χ0) is 41.3. The van der Waals surface area contributed by atoms with Crippen LogP contribution in [0.5, 0.6) is 0 Å². The predicted octanol–water partition coefficient (Wildman–Crippen LogP) is 5.96. The molecule has 0 bridgehead atoms. The molecule has 3 atom stereocenters. The fourth-order valence-electron chi connectivity index (χ4n) is 6.38. The van der Waals surface area contributed by atoms with Crippen LogP contribution in [0.3, 0.4) is 0 Å².